The summed E-state index contributed by atoms with van der Waals surface area (Å²) < 4.78 is 16.4. The van der Waals surface area contributed by atoms with Crippen LogP contribution in [0.25, 0.3) is 0 Å². The van der Waals surface area contributed by atoms with Crippen LogP contribution in [0, 0.1) is 0 Å². The van der Waals surface area contributed by atoms with Gasteiger partial charge in [-0.05, 0) is 39.0 Å². The molecule has 4 nitrogen and oxygen atoms in total. The summed E-state index contributed by atoms with van der Waals surface area (Å²) in [7, 11) is 1.69. The first-order valence-corrected chi connectivity index (χ1v) is 7.55. The lowest BCUT2D eigenvalue weighted by atomic mass is 10.2. The van der Waals surface area contributed by atoms with Crippen molar-refractivity contribution in [3.8, 4) is 5.75 Å². The molecule has 0 amide bonds. The topological polar surface area (TPSA) is 39.7 Å². The van der Waals surface area contributed by atoms with Gasteiger partial charge in [0.15, 0.2) is 0 Å². The van der Waals surface area contributed by atoms with Crippen molar-refractivity contribution in [2.75, 3.05) is 33.5 Å². The Balaban J connectivity index is 2.48. The van der Waals surface area contributed by atoms with Crippen molar-refractivity contribution in [1.82, 2.24) is 5.32 Å². The van der Waals surface area contributed by atoms with Crippen LogP contribution in [0.2, 0.25) is 5.02 Å². The molecule has 0 atom stereocenters. The molecule has 0 saturated heterocycles. The van der Waals surface area contributed by atoms with Gasteiger partial charge in [-0.1, -0.05) is 11.6 Å². The van der Waals surface area contributed by atoms with Crippen LogP contribution in [0.15, 0.2) is 18.2 Å². The zero-order valence-electron chi connectivity index (χ0n) is 13.4. The Morgan fingerprint density at radius 1 is 1.14 bits per heavy atom. The number of benzene rings is 1. The van der Waals surface area contributed by atoms with Gasteiger partial charge in [-0.2, -0.15) is 0 Å². The van der Waals surface area contributed by atoms with Gasteiger partial charge in [0.1, 0.15) is 12.4 Å². The number of ether oxygens (including phenoxy) is 3. The third-order valence-corrected chi connectivity index (χ3v) is 2.93. The van der Waals surface area contributed by atoms with E-state index in [1.165, 1.54) is 0 Å². The van der Waals surface area contributed by atoms with E-state index in [0.717, 1.165) is 17.9 Å². The second-order valence-corrected chi connectivity index (χ2v) is 6.17. The second kappa shape index (κ2) is 9.26. The molecule has 0 aliphatic heterocycles. The quantitative estimate of drug-likeness (QED) is 0.710. The molecule has 120 valence electrons. The third-order valence-electron chi connectivity index (χ3n) is 2.70. The zero-order chi connectivity index (χ0) is 15.7. The highest BCUT2D eigenvalue weighted by atomic mass is 35.5. The average molecular weight is 316 g/mol. The molecule has 1 rings (SSSR count). The minimum absolute atomic E-state index is 0.145. The average Bonchev–Trinajstić information content (AvgIpc) is 2.40. The van der Waals surface area contributed by atoms with E-state index in [1.807, 2.05) is 39.0 Å². The van der Waals surface area contributed by atoms with Gasteiger partial charge in [-0.15, -0.1) is 0 Å². The van der Waals surface area contributed by atoms with E-state index >= 15 is 0 Å². The summed E-state index contributed by atoms with van der Waals surface area (Å²) in [6.45, 7) is 9.32. The molecule has 1 aromatic carbocycles. The fourth-order valence-corrected chi connectivity index (χ4v) is 1.92. The Morgan fingerprint density at radius 2 is 1.90 bits per heavy atom. The lowest BCUT2D eigenvalue weighted by molar-refractivity contribution is -0.0164. The molecule has 21 heavy (non-hydrogen) atoms. The number of hydrogen-bond donors (Lipinski definition) is 1. The third kappa shape index (κ3) is 8.27. The summed E-state index contributed by atoms with van der Waals surface area (Å²) in [5, 5.41) is 4.00. The van der Waals surface area contributed by atoms with E-state index in [2.05, 4.69) is 5.32 Å². The van der Waals surface area contributed by atoms with Crippen LogP contribution in [0.3, 0.4) is 0 Å². The molecule has 0 unspecified atom stereocenters. The van der Waals surface area contributed by atoms with Gasteiger partial charge < -0.3 is 19.5 Å². The fraction of sp³-hybridized carbons (Fsp3) is 0.625. The van der Waals surface area contributed by atoms with E-state index in [0.29, 0.717) is 31.4 Å². The van der Waals surface area contributed by atoms with Crippen molar-refractivity contribution in [2.24, 2.45) is 0 Å². The summed E-state index contributed by atoms with van der Waals surface area (Å²) in [6, 6.07) is 5.65. The molecule has 5 heteroatoms. The molecule has 0 spiro atoms. The van der Waals surface area contributed by atoms with E-state index in [9.17, 15) is 0 Å². The highest BCUT2D eigenvalue weighted by Gasteiger charge is 2.10. The van der Waals surface area contributed by atoms with Gasteiger partial charge in [-0.3, -0.25) is 0 Å². The molecule has 0 aliphatic carbocycles. The monoisotopic (exact) mass is 315 g/mol. The smallest absolute Gasteiger partial charge is 0.124 e. The molecule has 0 aromatic heterocycles. The molecule has 0 radical (unpaired) electrons. The second-order valence-electron chi connectivity index (χ2n) is 5.73. The van der Waals surface area contributed by atoms with Crippen LogP contribution in [-0.4, -0.2) is 39.1 Å². The Hall–Kier alpha value is -0.810. The van der Waals surface area contributed by atoms with Gasteiger partial charge in [-0.25, -0.2) is 0 Å². The van der Waals surface area contributed by atoms with Crippen molar-refractivity contribution in [3.05, 3.63) is 28.8 Å². The highest BCUT2D eigenvalue weighted by molar-refractivity contribution is 6.30. The van der Waals surface area contributed by atoms with Crippen molar-refractivity contribution < 1.29 is 14.2 Å². The summed E-state index contributed by atoms with van der Waals surface area (Å²) >= 11 is 6.05. The lowest BCUT2D eigenvalue weighted by Gasteiger charge is -2.20. The fourth-order valence-electron chi connectivity index (χ4n) is 1.72. The summed E-state index contributed by atoms with van der Waals surface area (Å²) in [4.78, 5) is 0. The molecular weight excluding hydrogens is 290 g/mol. The number of rotatable bonds is 9. The van der Waals surface area contributed by atoms with Gasteiger partial charge >= 0.3 is 0 Å². The van der Waals surface area contributed by atoms with Crippen molar-refractivity contribution >= 4 is 11.6 Å². The molecule has 0 saturated carbocycles. The van der Waals surface area contributed by atoms with E-state index in [1.54, 1.807) is 7.11 Å². The molecule has 0 heterocycles. The first-order valence-electron chi connectivity index (χ1n) is 7.17. The van der Waals surface area contributed by atoms with Gasteiger partial charge in [0.05, 0.1) is 18.8 Å². The zero-order valence-corrected chi connectivity index (χ0v) is 14.1. The summed E-state index contributed by atoms with van der Waals surface area (Å²) in [5.41, 5.74) is 0.891. The molecular formula is C16H26ClNO3. The Morgan fingerprint density at radius 3 is 2.57 bits per heavy atom. The number of halogens is 1. The number of hydrogen-bond acceptors (Lipinski definition) is 4. The van der Waals surface area contributed by atoms with E-state index in [-0.39, 0.29) is 5.60 Å². The number of methoxy groups -OCH3 is 1. The van der Waals surface area contributed by atoms with E-state index in [4.69, 9.17) is 25.8 Å². The lowest BCUT2D eigenvalue weighted by Crippen LogP contribution is -2.23. The maximum Gasteiger partial charge on any atom is 0.124 e. The summed E-state index contributed by atoms with van der Waals surface area (Å²) in [6.07, 6.45) is 0. The van der Waals surface area contributed by atoms with Gasteiger partial charge in [0.25, 0.3) is 0 Å². The SMILES string of the molecule is COCCNCc1cc(Cl)ccc1OCCOC(C)(C)C. The Kier molecular flexibility index (Phi) is 8.04. The predicted molar refractivity (Wildman–Crippen MR) is 86.2 cm³/mol. The van der Waals surface area contributed by atoms with Gasteiger partial charge in [0, 0.05) is 30.8 Å². The maximum atomic E-state index is 6.05. The first kappa shape index (κ1) is 18.2. The van der Waals surface area contributed by atoms with Crippen molar-refractivity contribution in [3.63, 3.8) is 0 Å². The minimum Gasteiger partial charge on any atom is -0.491 e. The van der Waals surface area contributed by atoms with Crippen LogP contribution in [0.4, 0.5) is 0 Å². The van der Waals surface area contributed by atoms with Crippen molar-refractivity contribution in [2.45, 2.75) is 32.9 Å². The molecule has 0 fully saturated rings. The predicted octanol–water partition coefficient (Wildman–Crippen LogP) is 3.27. The van der Waals surface area contributed by atoms with Gasteiger partial charge in [0.2, 0.25) is 0 Å². The normalized spacial score (nSPS) is 11.7. The van der Waals surface area contributed by atoms with Crippen LogP contribution >= 0.6 is 11.6 Å². The Labute approximate surface area is 132 Å². The number of nitrogens with one attached hydrogen (secondary N) is 1. The van der Waals surface area contributed by atoms with E-state index < -0.39 is 0 Å². The summed E-state index contributed by atoms with van der Waals surface area (Å²) in [5.74, 6) is 0.835. The highest BCUT2D eigenvalue weighted by Crippen LogP contribution is 2.23. The standard InChI is InChI=1S/C16H26ClNO3/c1-16(2,3)21-10-9-20-15-6-5-14(17)11-13(15)12-18-7-8-19-4/h5-6,11,18H,7-10,12H2,1-4H3. The minimum atomic E-state index is -0.145. The molecule has 1 N–H and O–H groups in total. The largest absolute Gasteiger partial charge is 0.491 e. The molecule has 0 aliphatic rings. The Bertz CT molecular complexity index is 418. The first-order chi connectivity index (χ1) is 9.92. The van der Waals surface area contributed by atoms with Crippen LogP contribution in [0.5, 0.6) is 5.75 Å². The van der Waals surface area contributed by atoms with Crippen LogP contribution in [-0.2, 0) is 16.0 Å². The van der Waals surface area contributed by atoms with Crippen LogP contribution in [0.1, 0.15) is 26.3 Å². The molecule has 1 aromatic rings. The maximum absolute atomic E-state index is 6.05. The van der Waals surface area contributed by atoms with Crippen molar-refractivity contribution in [1.29, 1.82) is 0 Å². The van der Waals surface area contributed by atoms with Crippen LogP contribution < -0.4 is 10.1 Å². The molecule has 0 bridgehead atoms.